The first kappa shape index (κ1) is 15.7. The number of hydrogen-bond donors (Lipinski definition) is 1. The minimum Gasteiger partial charge on any atom is -0.463 e. The summed E-state index contributed by atoms with van der Waals surface area (Å²) in [6.45, 7) is 2.96. The molecule has 0 aliphatic heterocycles. The highest BCUT2D eigenvalue weighted by atomic mass is 32.1. The normalized spacial score (nSPS) is 12.4. The molecule has 0 unspecified atom stereocenters. The van der Waals surface area contributed by atoms with Crippen LogP contribution in [0.2, 0.25) is 0 Å². The summed E-state index contributed by atoms with van der Waals surface area (Å²) < 4.78 is 6.51. The summed E-state index contributed by atoms with van der Waals surface area (Å²) in [5, 5.41) is 2.94. The Bertz CT molecular complexity index is 749. The smallest absolute Gasteiger partial charge is 0.277 e. The molecule has 0 radical (unpaired) electrons. The zero-order valence-corrected chi connectivity index (χ0v) is 14.0. The Balaban J connectivity index is 1.55. The first-order chi connectivity index (χ1) is 11.1. The van der Waals surface area contributed by atoms with Crippen molar-refractivity contribution >= 4 is 27.5 Å². The third-order valence-electron chi connectivity index (χ3n) is 3.77. The Labute approximate surface area is 138 Å². The van der Waals surface area contributed by atoms with Gasteiger partial charge in [0.1, 0.15) is 11.0 Å². The first-order valence-corrected chi connectivity index (χ1v) is 8.40. The van der Waals surface area contributed by atoms with Gasteiger partial charge in [-0.05, 0) is 31.2 Å². The number of benzene rings is 1. The number of carbonyl (C=O) groups excluding carboxylic acids is 1. The molecule has 5 nitrogen and oxygen atoms in total. The Hall–Kier alpha value is -2.18. The maximum atomic E-state index is 12.3. The molecule has 120 valence electrons. The number of nitrogens with zero attached hydrogens (tertiary/aromatic N) is 2. The Morgan fingerprint density at radius 3 is 2.91 bits per heavy atom. The molecule has 0 bridgehead atoms. The lowest BCUT2D eigenvalue weighted by atomic mass is 10.2. The number of nitrogens with two attached hydrogens (primary N) is 1. The molecule has 1 aromatic carbocycles. The molecule has 0 saturated heterocycles. The largest absolute Gasteiger partial charge is 0.463 e. The molecular weight excluding hydrogens is 310 g/mol. The molecule has 0 aliphatic rings. The number of para-hydroxylation sites is 1. The van der Waals surface area contributed by atoms with Gasteiger partial charge in [0.05, 0.1) is 23.0 Å². The molecule has 3 aromatic rings. The molecule has 2 heterocycles. The van der Waals surface area contributed by atoms with E-state index in [0.717, 1.165) is 21.0 Å². The Morgan fingerprint density at radius 2 is 2.17 bits per heavy atom. The second kappa shape index (κ2) is 6.93. The maximum absolute atomic E-state index is 12.3. The fourth-order valence-electron chi connectivity index (χ4n) is 2.38. The summed E-state index contributed by atoms with van der Waals surface area (Å²) in [5.74, 6) is 0.967. The summed E-state index contributed by atoms with van der Waals surface area (Å²) in [4.78, 5) is 18.6. The van der Waals surface area contributed by atoms with Crippen molar-refractivity contribution in [2.24, 2.45) is 0 Å². The van der Waals surface area contributed by atoms with Gasteiger partial charge < -0.3 is 14.6 Å². The number of rotatable bonds is 6. The number of fused-ring (bicyclic) bond motifs is 1. The molecule has 1 atom stereocenters. The van der Waals surface area contributed by atoms with E-state index in [0.29, 0.717) is 13.1 Å². The molecule has 2 aromatic heterocycles. The number of furan rings is 1. The van der Waals surface area contributed by atoms with Crippen LogP contribution in [0.1, 0.15) is 23.7 Å². The lowest BCUT2D eigenvalue weighted by molar-refractivity contribution is -0.685. The minimum absolute atomic E-state index is 0.0858. The topological polar surface area (TPSA) is 63.0 Å². The summed E-state index contributed by atoms with van der Waals surface area (Å²) in [7, 11) is 1.82. The van der Waals surface area contributed by atoms with Crippen LogP contribution in [0, 0.1) is 0 Å². The third-order valence-corrected chi connectivity index (χ3v) is 4.80. The van der Waals surface area contributed by atoms with E-state index in [4.69, 9.17) is 4.42 Å². The van der Waals surface area contributed by atoms with Gasteiger partial charge in [-0.1, -0.05) is 12.1 Å². The number of aromatic nitrogens is 1. The van der Waals surface area contributed by atoms with E-state index in [1.54, 1.807) is 22.5 Å². The predicted octanol–water partition coefficient (Wildman–Crippen LogP) is 2.17. The number of amides is 1. The lowest BCUT2D eigenvalue weighted by Crippen LogP contribution is -2.86. The number of carbonyl (C=O) groups is 1. The van der Waals surface area contributed by atoms with Crippen LogP contribution in [0.4, 0.5) is 0 Å². The highest BCUT2D eigenvalue weighted by molar-refractivity contribution is 7.18. The van der Waals surface area contributed by atoms with Gasteiger partial charge in [0.25, 0.3) is 5.91 Å². The van der Waals surface area contributed by atoms with Crippen molar-refractivity contribution in [1.82, 2.24) is 9.88 Å². The van der Waals surface area contributed by atoms with Crippen molar-refractivity contribution in [2.45, 2.75) is 19.5 Å². The van der Waals surface area contributed by atoms with Crippen molar-refractivity contribution in [1.29, 1.82) is 0 Å². The van der Waals surface area contributed by atoms with Crippen LogP contribution in [0.15, 0.2) is 47.1 Å². The van der Waals surface area contributed by atoms with Crippen molar-refractivity contribution < 1.29 is 14.5 Å². The molecule has 0 spiro atoms. The van der Waals surface area contributed by atoms with E-state index in [9.17, 15) is 4.79 Å². The van der Waals surface area contributed by atoms with Crippen LogP contribution in [0.3, 0.4) is 0 Å². The summed E-state index contributed by atoms with van der Waals surface area (Å²) in [6, 6.07) is 11.9. The number of likely N-dealkylation sites (N-methyl/N-ethyl adjacent to an activating group) is 1. The molecule has 1 amide bonds. The zero-order valence-electron chi connectivity index (χ0n) is 13.2. The molecule has 0 aliphatic carbocycles. The van der Waals surface area contributed by atoms with Gasteiger partial charge in [-0.2, -0.15) is 0 Å². The van der Waals surface area contributed by atoms with Gasteiger partial charge in [-0.25, -0.2) is 4.98 Å². The molecule has 2 N–H and O–H groups in total. The number of hydrogen-bond acceptors (Lipinski definition) is 4. The minimum atomic E-state index is 0.0858. The average Bonchev–Trinajstić information content (AvgIpc) is 3.20. The van der Waals surface area contributed by atoms with Gasteiger partial charge in [-0.15, -0.1) is 11.3 Å². The highest BCUT2D eigenvalue weighted by Crippen LogP contribution is 2.22. The number of quaternary nitrogens is 1. The molecule has 23 heavy (non-hydrogen) atoms. The van der Waals surface area contributed by atoms with Gasteiger partial charge in [0.15, 0.2) is 12.3 Å². The average molecular weight is 330 g/mol. The van der Waals surface area contributed by atoms with E-state index >= 15 is 0 Å². The van der Waals surface area contributed by atoms with E-state index in [1.807, 2.05) is 49.6 Å². The number of thiazole rings is 1. The van der Waals surface area contributed by atoms with Crippen molar-refractivity contribution in [2.75, 3.05) is 13.6 Å². The van der Waals surface area contributed by atoms with Crippen LogP contribution in [0.5, 0.6) is 0 Å². The SMILES string of the molecule is C[C@H]([NH2+]CC(=O)N(C)Cc1nc2ccccc2s1)c1ccco1. The van der Waals surface area contributed by atoms with E-state index in [1.165, 1.54) is 0 Å². The highest BCUT2D eigenvalue weighted by Gasteiger charge is 2.17. The molecule has 0 saturated carbocycles. The predicted molar refractivity (Wildman–Crippen MR) is 90.0 cm³/mol. The molecule has 0 fully saturated rings. The molecule has 6 heteroatoms. The van der Waals surface area contributed by atoms with Crippen LogP contribution < -0.4 is 5.32 Å². The van der Waals surface area contributed by atoms with E-state index in [2.05, 4.69) is 11.1 Å². The van der Waals surface area contributed by atoms with Crippen molar-refractivity contribution in [3.05, 3.63) is 53.4 Å². The van der Waals surface area contributed by atoms with Crippen LogP contribution in [-0.4, -0.2) is 29.4 Å². The Kier molecular flexibility index (Phi) is 4.73. The van der Waals surface area contributed by atoms with Crippen molar-refractivity contribution in [3.63, 3.8) is 0 Å². The zero-order chi connectivity index (χ0) is 16.2. The van der Waals surface area contributed by atoms with Gasteiger partial charge in [-0.3, -0.25) is 4.79 Å². The van der Waals surface area contributed by atoms with Crippen molar-refractivity contribution in [3.8, 4) is 0 Å². The second-order valence-corrected chi connectivity index (χ2v) is 6.68. The summed E-state index contributed by atoms with van der Waals surface area (Å²) in [5.41, 5.74) is 0.992. The Morgan fingerprint density at radius 1 is 1.35 bits per heavy atom. The van der Waals surface area contributed by atoms with Gasteiger partial charge in [0.2, 0.25) is 0 Å². The first-order valence-electron chi connectivity index (χ1n) is 7.58. The van der Waals surface area contributed by atoms with Crippen LogP contribution >= 0.6 is 11.3 Å². The van der Waals surface area contributed by atoms with Gasteiger partial charge in [0, 0.05) is 7.05 Å². The fourth-order valence-corrected chi connectivity index (χ4v) is 3.40. The lowest BCUT2D eigenvalue weighted by Gasteiger charge is -2.15. The summed E-state index contributed by atoms with van der Waals surface area (Å²) in [6.07, 6.45) is 1.65. The third kappa shape index (κ3) is 3.78. The fraction of sp³-hybridized carbons (Fsp3) is 0.294. The molecular formula is C17H20N3O2S+. The second-order valence-electron chi connectivity index (χ2n) is 5.57. The van der Waals surface area contributed by atoms with Crippen LogP contribution in [0.25, 0.3) is 10.2 Å². The quantitative estimate of drug-likeness (QED) is 0.753. The van der Waals surface area contributed by atoms with Crippen LogP contribution in [-0.2, 0) is 11.3 Å². The van der Waals surface area contributed by atoms with E-state index < -0.39 is 0 Å². The summed E-state index contributed by atoms with van der Waals surface area (Å²) >= 11 is 1.64. The van der Waals surface area contributed by atoms with Gasteiger partial charge >= 0.3 is 0 Å². The molecule has 3 rings (SSSR count). The monoisotopic (exact) mass is 330 g/mol. The standard InChI is InChI=1S/C17H19N3O2S/c1-12(14-7-5-9-22-14)18-10-17(21)20(2)11-16-19-13-6-3-4-8-15(13)23-16/h3-9,12,18H,10-11H2,1-2H3/p+1/t12-/m0/s1. The van der Waals surface area contributed by atoms with E-state index in [-0.39, 0.29) is 11.9 Å². The maximum Gasteiger partial charge on any atom is 0.277 e.